The number of carboxylic acids is 1. The van der Waals surface area contributed by atoms with E-state index in [9.17, 15) is 14.4 Å². The topological polar surface area (TPSA) is 135 Å². The molecule has 0 bridgehead atoms. The predicted molar refractivity (Wildman–Crippen MR) is 112 cm³/mol. The van der Waals surface area contributed by atoms with Gasteiger partial charge in [-0.25, -0.2) is 4.79 Å². The summed E-state index contributed by atoms with van der Waals surface area (Å²) in [5.74, 6) is -1.45. The third-order valence-corrected chi connectivity index (χ3v) is 4.55. The number of benzene rings is 2. The van der Waals surface area contributed by atoms with E-state index in [0.717, 1.165) is 5.39 Å². The number of amides is 1. The second-order valence-corrected chi connectivity index (χ2v) is 6.58. The van der Waals surface area contributed by atoms with Gasteiger partial charge in [0.15, 0.2) is 0 Å². The minimum Gasteiger partial charge on any atom is -0.495 e. The predicted octanol–water partition coefficient (Wildman–Crippen LogP) is 2.31. The number of methoxy groups -OCH3 is 1. The van der Waals surface area contributed by atoms with Crippen LogP contribution in [0.5, 0.6) is 5.75 Å². The summed E-state index contributed by atoms with van der Waals surface area (Å²) in [6, 6.07) is 12.4. The number of anilines is 3. The molecular weight excluding hydrogens is 390 g/mol. The van der Waals surface area contributed by atoms with Gasteiger partial charge in [0, 0.05) is 24.2 Å². The quantitative estimate of drug-likeness (QED) is 0.504. The summed E-state index contributed by atoms with van der Waals surface area (Å²) in [5, 5.41) is 12.2. The fourth-order valence-corrected chi connectivity index (χ4v) is 3.02. The number of carboxylic acid groups (broad SMARTS) is 1. The number of aliphatic carboxylic acids is 1. The molecule has 0 radical (unpaired) electrons. The van der Waals surface area contributed by atoms with Crippen LogP contribution in [0.3, 0.4) is 0 Å². The van der Waals surface area contributed by atoms with Crippen LogP contribution in [0.2, 0.25) is 0 Å². The number of rotatable bonds is 7. The minimum atomic E-state index is -1.21. The molecule has 0 unspecified atom stereocenters. The minimum absolute atomic E-state index is 0.319. The van der Waals surface area contributed by atoms with Crippen LogP contribution in [0.1, 0.15) is 6.42 Å². The van der Waals surface area contributed by atoms with Crippen molar-refractivity contribution in [2.24, 2.45) is 5.73 Å². The third kappa shape index (κ3) is 4.41. The van der Waals surface area contributed by atoms with Crippen LogP contribution in [0.25, 0.3) is 11.0 Å². The van der Waals surface area contributed by atoms with E-state index >= 15 is 0 Å². The van der Waals surface area contributed by atoms with Gasteiger partial charge in [-0.1, -0.05) is 12.1 Å². The van der Waals surface area contributed by atoms with Crippen molar-refractivity contribution >= 4 is 39.9 Å². The summed E-state index contributed by atoms with van der Waals surface area (Å²) in [7, 11) is 3.21. The summed E-state index contributed by atoms with van der Waals surface area (Å²) in [5.41, 5.74) is 7.18. The van der Waals surface area contributed by atoms with Gasteiger partial charge in [0.2, 0.25) is 5.91 Å². The van der Waals surface area contributed by atoms with Crippen LogP contribution >= 0.6 is 0 Å². The van der Waals surface area contributed by atoms with E-state index in [-0.39, 0.29) is 0 Å². The van der Waals surface area contributed by atoms with Gasteiger partial charge in [0.05, 0.1) is 30.9 Å². The molecule has 1 aromatic heterocycles. The lowest BCUT2D eigenvalue weighted by Crippen LogP contribution is -2.37. The zero-order chi connectivity index (χ0) is 21.8. The smallest absolute Gasteiger partial charge is 0.338 e. The van der Waals surface area contributed by atoms with Crippen LogP contribution in [0.15, 0.2) is 57.7 Å². The molecule has 4 N–H and O–H groups in total. The molecule has 0 aliphatic rings. The van der Waals surface area contributed by atoms with E-state index < -0.39 is 30.0 Å². The molecule has 0 saturated carbocycles. The van der Waals surface area contributed by atoms with Gasteiger partial charge in [-0.15, -0.1) is 0 Å². The number of nitrogens with two attached hydrogens (primary N) is 1. The van der Waals surface area contributed by atoms with E-state index in [2.05, 4.69) is 5.32 Å². The maximum atomic E-state index is 12.3. The highest BCUT2D eigenvalue weighted by Gasteiger charge is 2.20. The summed E-state index contributed by atoms with van der Waals surface area (Å²) < 4.78 is 10.5. The number of hydrogen-bond acceptors (Lipinski definition) is 7. The summed E-state index contributed by atoms with van der Waals surface area (Å²) >= 11 is 0. The summed E-state index contributed by atoms with van der Waals surface area (Å²) in [6.07, 6.45) is -0.500. The fourth-order valence-electron chi connectivity index (χ4n) is 3.02. The van der Waals surface area contributed by atoms with Crippen molar-refractivity contribution in [2.45, 2.75) is 12.5 Å². The number of hydrogen-bond donors (Lipinski definition) is 3. The molecule has 0 aliphatic carbocycles. The highest BCUT2D eigenvalue weighted by Crippen LogP contribution is 2.34. The Bertz CT molecular complexity index is 1160. The first-order chi connectivity index (χ1) is 14.3. The lowest BCUT2D eigenvalue weighted by Gasteiger charge is -2.22. The lowest BCUT2D eigenvalue weighted by molar-refractivity contribution is -0.138. The maximum Gasteiger partial charge on any atom is 0.338 e. The molecule has 1 atom stereocenters. The molecule has 0 spiro atoms. The van der Waals surface area contributed by atoms with Crippen LogP contribution in [0, 0.1) is 0 Å². The van der Waals surface area contributed by atoms with Crippen molar-refractivity contribution in [3.63, 3.8) is 0 Å². The lowest BCUT2D eigenvalue weighted by atomic mass is 10.1. The Balaban J connectivity index is 1.98. The first kappa shape index (κ1) is 20.9. The Hall–Kier alpha value is -3.85. The van der Waals surface area contributed by atoms with E-state index in [0.29, 0.717) is 28.4 Å². The van der Waals surface area contributed by atoms with Gasteiger partial charge in [0.25, 0.3) is 0 Å². The Kier molecular flexibility index (Phi) is 6.03. The second-order valence-electron chi connectivity index (χ2n) is 6.58. The zero-order valence-corrected chi connectivity index (χ0v) is 16.4. The summed E-state index contributed by atoms with van der Waals surface area (Å²) in [4.78, 5) is 36.8. The number of ether oxygens (including phenoxy) is 1. The van der Waals surface area contributed by atoms with Crippen molar-refractivity contribution in [1.29, 1.82) is 0 Å². The van der Waals surface area contributed by atoms with E-state index in [1.807, 2.05) is 12.1 Å². The number of para-hydroxylation sites is 1. The average molecular weight is 411 g/mol. The molecule has 0 fully saturated rings. The van der Waals surface area contributed by atoms with Gasteiger partial charge in [-0.05, 0) is 30.3 Å². The van der Waals surface area contributed by atoms with Crippen molar-refractivity contribution in [3.8, 4) is 5.75 Å². The van der Waals surface area contributed by atoms with Gasteiger partial charge in [-0.2, -0.15) is 0 Å². The molecule has 1 amide bonds. The molecule has 9 nitrogen and oxygen atoms in total. The molecule has 0 saturated heterocycles. The second kappa shape index (κ2) is 8.66. The van der Waals surface area contributed by atoms with Crippen molar-refractivity contribution < 1.29 is 23.8 Å². The van der Waals surface area contributed by atoms with E-state index in [1.165, 1.54) is 13.2 Å². The van der Waals surface area contributed by atoms with Crippen LogP contribution < -0.4 is 26.3 Å². The van der Waals surface area contributed by atoms with Crippen molar-refractivity contribution in [1.82, 2.24) is 0 Å². The number of carbonyl (C=O) groups is 2. The standard InChI is InChI=1S/C21H21N3O6/c1-24(16-11-20(27)30-17-6-4-3-5-13(16)17)12-7-8-18(29-2)15(9-12)23-21(28)14(22)10-19(25)26/h3-9,11,14H,10,22H2,1-2H3,(H,23,28)(H,25,26)/t14-/m0/s1. The zero-order valence-electron chi connectivity index (χ0n) is 16.4. The molecule has 2 aromatic carbocycles. The van der Waals surface area contributed by atoms with Gasteiger partial charge < -0.3 is 30.2 Å². The van der Waals surface area contributed by atoms with Crippen LogP contribution in [-0.2, 0) is 9.59 Å². The van der Waals surface area contributed by atoms with Crippen LogP contribution in [-0.4, -0.2) is 37.2 Å². The molecule has 3 aromatic rings. The number of carbonyl (C=O) groups excluding carboxylic acids is 1. The van der Waals surface area contributed by atoms with Crippen LogP contribution in [0.4, 0.5) is 17.1 Å². The molecule has 1 heterocycles. The molecular formula is C21H21N3O6. The molecule has 9 heteroatoms. The van der Waals surface area contributed by atoms with Crippen molar-refractivity contribution in [2.75, 3.05) is 24.4 Å². The highest BCUT2D eigenvalue weighted by atomic mass is 16.5. The van der Waals surface area contributed by atoms with E-state index in [4.69, 9.17) is 20.0 Å². The molecule has 3 rings (SSSR count). The molecule has 0 aliphatic heterocycles. The maximum absolute atomic E-state index is 12.3. The van der Waals surface area contributed by atoms with E-state index in [1.54, 1.807) is 42.3 Å². The largest absolute Gasteiger partial charge is 0.495 e. The Morgan fingerprint density at radius 3 is 2.67 bits per heavy atom. The van der Waals surface area contributed by atoms with Gasteiger partial charge in [0.1, 0.15) is 11.3 Å². The Morgan fingerprint density at radius 1 is 1.23 bits per heavy atom. The molecule has 30 heavy (non-hydrogen) atoms. The number of nitrogens with zero attached hydrogens (tertiary/aromatic N) is 1. The van der Waals surface area contributed by atoms with Gasteiger partial charge in [-0.3, -0.25) is 9.59 Å². The fraction of sp³-hybridized carbons (Fsp3) is 0.190. The number of fused-ring (bicyclic) bond motifs is 1. The first-order valence-corrected chi connectivity index (χ1v) is 9.03. The highest BCUT2D eigenvalue weighted by molar-refractivity contribution is 5.99. The first-order valence-electron chi connectivity index (χ1n) is 9.03. The third-order valence-electron chi connectivity index (χ3n) is 4.55. The Labute approximate surface area is 171 Å². The summed E-state index contributed by atoms with van der Waals surface area (Å²) in [6.45, 7) is 0. The monoisotopic (exact) mass is 411 g/mol. The normalized spacial score (nSPS) is 11.7. The Morgan fingerprint density at radius 2 is 1.97 bits per heavy atom. The van der Waals surface area contributed by atoms with Gasteiger partial charge >= 0.3 is 11.6 Å². The molecule has 156 valence electrons. The SMILES string of the molecule is COc1ccc(N(C)c2cc(=O)oc3ccccc23)cc1NC(=O)[C@@H](N)CC(=O)O. The van der Waals surface area contributed by atoms with Crippen molar-refractivity contribution in [3.05, 3.63) is 59.0 Å². The number of nitrogens with one attached hydrogen (secondary N) is 1. The average Bonchev–Trinajstić information content (AvgIpc) is 2.72.